The quantitative estimate of drug-likeness (QED) is 0.147. The normalized spacial score (nSPS) is 20.8. The minimum absolute atomic E-state index is 0.000451. The van der Waals surface area contributed by atoms with Crippen molar-refractivity contribution in [2.45, 2.75) is 258 Å². The van der Waals surface area contributed by atoms with Gasteiger partial charge in [0.05, 0.1) is 11.2 Å². The van der Waals surface area contributed by atoms with Gasteiger partial charge in [-0.1, -0.05) is 237 Å². The molecule has 0 bridgehead atoms. The Labute approximate surface area is 596 Å². The molecule has 9 aromatic rings. The minimum Gasteiger partial charge on any atom is -0.334 e. The molecule has 0 radical (unpaired) electrons. The maximum Gasteiger partial charge on any atom is 0.252 e. The molecule has 15 rings (SSSR count). The number of hydrogen-bond acceptors (Lipinski definition) is 4. The Hall–Kier alpha value is -7.76. The Morgan fingerprint density at radius 3 is 1.39 bits per heavy atom. The van der Waals surface area contributed by atoms with Crippen LogP contribution in [0, 0.1) is 0 Å². The molecule has 4 nitrogen and oxygen atoms in total. The first-order valence-corrected chi connectivity index (χ1v) is 37.7. The van der Waals surface area contributed by atoms with E-state index in [0.717, 1.165) is 32.1 Å². The van der Waals surface area contributed by atoms with Gasteiger partial charge in [0.25, 0.3) is 6.71 Å². The van der Waals surface area contributed by atoms with Gasteiger partial charge < -0.3 is 19.6 Å². The zero-order valence-electron chi connectivity index (χ0n) is 64.3. The van der Waals surface area contributed by atoms with E-state index in [-0.39, 0.29) is 61.0 Å². The Bertz CT molecular complexity index is 4650. The highest BCUT2D eigenvalue weighted by Gasteiger charge is 2.58. The molecule has 99 heavy (non-hydrogen) atoms. The highest BCUT2D eigenvalue weighted by molar-refractivity contribution is 7.00. The lowest BCUT2D eigenvalue weighted by molar-refractivity contribution is 0.195. The third-order valence-corrected chi connectivity index (χ3v) is 25.8. The SMILES string of the molecule is CC(C)(C)c1ccc(N(c2ccc(C(C)(C)C)cc2)c2ccc3c(c2)C2(C)CCCCC2(C)N3c2ccc3c(c2)N(c2ccc(C(C)(C)C)cc2-c2ccccc2)c2cc(C(C)(C)C)cc4c2B3c2cc3c(cc2N4c2ccc4c(c2)C(C)(C)CCC4(C)C)C(C)(C)CCC3(C)C)cc1. The molecule has 1 fully saturated rings. The Morgan fingerprint density at radius 1 is 0.333 bits per heavy atom. The van der Waals surface area contributed by atoms with Crippen LogP contribution in [-0.4, -0.2) is 12.3 Å². The van der Waals surface area contributed by atoms with Crippen LogP contribution in [0.25, 0.3) is 11.1 Å². The fourth-order valence-electron chi connectivity index (χ4n) is 18.8. The lowest BCUT2D eigenvalue weighted by Gasteiger charge is -2.51. The maximum absolute atomic E-state index is 2.84. The molecule has 3 aliphatic heterocycles. The van der Waals surface area contributed by atoms with Crippen LogP contribution in [0.5, 0.6) is 0 Å². The van der Waals surface area contributed by atoms with Crippen molar-refractivity contribution in [3.8, 4) is 11.1 Å². The number of benzene rings is 9. The van der Waals surface area contributed by atoms with E-state index in [1.807, 2.05) is 0 Å². The van der Waals surface area contributed by atoms with Gasteiger partial charge in [-0.2, -0.15) is 0 Å². The van der Waals surface area contributed by atoms with Gasteiger partial charge in [-0.15, -0.1) is 0 Å². The number of fused-ring (bicyclic) bond motifs is 9. The van der Waals surface area contributed by atoms with Gasteiger partial charge in [-0.05, 0) is 258 Å². The number of hydrogen-bond donors (Lipinski definition) is 0. The van der Waals surface area contributed by atoms with E-state index in [9.17, 15) is 0 Å². The van der Waals surface area contributed by atoms with Crippen LogP contribution in [0.4, 0.5) is 62.6 Å². The highest BCUT2D eigenvalue weighted by Crippen LogP contribution is 2.63. The van der Waals surface area contributed by atoms with Gasteiger partial charge in [-0.3, -0.25) is 0 Å². The van der Waals surface area contributed by atoms with Crippen LogP contribution < -0.4 is 36.0 Å². The van der Waals surface area contributed by atoms with Crippen LogP contribution >= 0.6 is 0 Å². The molecule has 2 atom stereocenters. The molecule has 0 saturated heterocycles. The van der Waals surface area contributed by atoms with E-state index in [4.69, 9.17) is 0 Å². The summed E-state index contributed by atoms with van der Waals surface area (Å²) >= 11 is 0. The number of anilines is 11. The predicted molar refractivity (Wildman–Crippen MR) is 429 cm³/mol. The highest BCUT2D eigenvalue weighted by atomic mass is 15.3. The third kappa shape index (κ3) is 10.7. The fourth-order valence-corrected chi connectivity index (χ4v) is 18.8. The van der Waals surface area contributed by atoms with E-state index >= 15 is 0 Å². The van der Waals surface area contributed by atoms with Crippen molar-refractivity contribution >= 4 is 85.7 Å². The van der Waals surface area contributed by atoms with Crippen molar-refractivity contribution in [2.24, 2.45) is 0 Å². The standard InChI is InChI=1S/C94H111BN4/c1-85(2,3)61-30-35-65(36-31-61)96(66-37-32-62(33-38-66)86(4,5)6)67-41-45-79-75(56-67)93(21)46-26-27-47-94(93,22)99(79)69-40-43-76-80(57-69)98(78-44-34-63(87(7,8)9)52-70(78)60-28-24-23-25-29-60)83-54-64(88(10,11)12)53-82-84(83)95(76)77-58-73-74(92(19,20)51-50-91(73,17)18)59-81(77)97(82)68-39-42-71-72(55-68)90(15,16)49-48-89(71,13)14/h23-25,28-45,52-59H,26-27,46-51H2,1-22H3. The zero-order valence-corrected chi connectivity index (χ0v) is 64.3. The second-order valence-electron chi connectivity index (χ2n) is 38.4. The summed E-state index contributed by atoms with van der Waals surface area (Å²) in [7, 11) is 0. The maximum atomic E-state index is 2.84. The molecule has 5 heteroatoms. The molecular weight excluding hydrogens is 1200 g/mol. The minimum atomic E-state index is -0.227. The smallest absolute Gasteiger partial charge is 0.252 e. The van der Waals surface area contributed by atoms with Crippen molar-refractivity contribution < 1.29 is 0 Å². The van der Waals surface area contributed by atoms with Crippen molar-refractivity contribution in [1.82, 2.24) is 0 Å². The molecule has 510 valence electrons. The monoisotopic (exact) mass is 1310 g/mol. The largest absolute Gasteiger partial charge is 0.334 e. The first-order valence-electron chi connectivity index (χ1n) is 37.7. The van der Waals surface area contributed by atoms with Crippen LogP contribution in [0.2, 0.25) is 0 Å². The molecule has 0 amide bonds. The molecular formula is C94H111BN4. The van der Waals surface area contributed by atoms with Crippen LogP contribution in [-0.2, 0) is 48.7 Å². The summed E-state index contributed by atoms with van der Waals surface area (Å²) in [6, 6.07) is 71.3. The Balaban J connectivity index is 1.01. The van der Waals surface area contributed by atoms with Crippen LogP contribution in [0.1, 0.15) is 254 Å². The van der Waals surface area contributed by atoms with E-state index in [2.05, 4.69) is 348 Å². The molecule has 2 unspecified atom stereocenters. The van der Waals surface area contributed by atoms with E-state index in [1.54, 1.807) is 0 Å². The van der Waals surface area contributed by atoms with Crippen LogP contribution in [0.3, 0.4) is 0 Å². The number of rotatable bonds is 7. The van der Waals surface area contributed by atoms with Gasteiger partial charge in [0.1, 0.15) is 0 Å². The molecule has 3 heterocycles. The van der Waals surface area contributed by atoms with Gasteiger partial charge in [-0.25, -0.2) is 0 Å². The average molecular weight is 1310 g/mol. The van der Waals surface area contributed by atoms with Gasteiger partial charge in [0.15, 0.2) is 0 Å². The van der Waals surface area contributed by atoms with Gasteiger partial charge in [0, 0.05) is 67.9 Å². The summed E-state index contributed by atoms with van der Waals surface area (Å²) in [6.45, 7) is 53.5. The molecule has 1 saturated carbocycles. The van der Waals surface area contributed by atoms with E-state index in [0.29, 0.717) is 0 Å². The first-order chi connectivity index (χ1) is 46.3. The molecule has 6 aliphatic rings. The topological polar surface area (TPSA) is 13.0 Å². The second-order valence-corrected chi connectivity index (χ2v) is 38.4. The lowest BCUT2D eigenvalue weighted by atomic mass is 9.33. The second kappa shape index (κ2) is 22.4. The fraction of sp³-hybridized carbons (Fsp3) is 0.426. The van der Waals surface area contributed by atoms with Gasteiger partial charge in [0.2, 0.25) is 0 Å². The summed E-state index contributed by atoms with van der Waals surface area (Å²) in [6.07, 6.45) is 9.24. The predicted octanol–water partition coefficient (Wildman–Crippen LogP) is 24.5. The van der Waals surface area contributed by atoms with Gasteiger partial charge >= 0.3 is 0 Å². The van der Waals surface area contributed by atoms with Crippen LogP contribution in [0.15, 0.2) is 176 Å². The molecule has 3 aliphatic carbocycles. The van der Waals surface area contributed by atoms with Crippen molar-refractivity contribution in [2.75, 3.05) is 19.6 Å². The van der Waals surface area contributed by atoms with Crippen molar-refractivity contribution in [3.63, 3.8) is 0 Å². The molecule has 0 N–H and O–H groups in total. The summed E-state index contributed by atoms with van der Waals surface area (Å²) in [5.74, 6) is 0. The molecule has 0 aromatic heterocycles. The summed E-state index contributed by atoms with van der Waals surface area (Å²) in [4.78, 5) is 10.9. The first kappa shape index (κ1) is 67.1. The van der Waals surface area contributed by atoms with E-state index in [1.165, 1.54) is 159 Å². The number of nitrogens with zero attached hydrogens (tertiary/aromatic N) is 4. The zero-order chi connectivity index (χ0) is 70.5. The Kier molecular flexibility index (Phi) is 15.2. The van der Waals surface area contributed by atoms with Crippen molar-refractivity contribution in [1.29, 1.82) is 0 Å². The van der Waals surface area contributed by atoms with Crippen molar-refractivity contribution in [3.05, 3.63) is 226 Å². The average Bonchev–Trinajstić information content (AvgIpc) is 1.30. The molecule has 9 aromatic carbocycles. The summed E-state index contributed by atoms with van der Waals surface area (Å²) < 4.78 is 0. The lowest BCUT2D eigenvalue weighted by Crippen LogP contribution is -2.62. The van der Waals surface area contributed by atoms with E-state index < -0.39 is 0 Å². The summed E-state index contributed by atoms with van der Waals surface area (Å²) in [5.41, 5.74) is 32.6. The third-order valence-electron chi connectivity index (χ3n) is 25.8. The molecule has 0 spiro atoms. The summed E-state index contributed by atoms with van der Waals surface area (Å²) in [5, 5.41) is 0. The Morgan fingerprint density at radius 2 is 0.818 bits per heavy atom.